The second-order valence-electron chi connectivity index (χ2n) is 2.55. The van der Waals surface area contributed by atoms with Gasteiger partial charge < -0.3 is 0 Å². The van der Waals surface area contributed by atoms with Crippen molar-refractivity contribution >= 4 is 29.5 Å². The van der Waals surface area contributed by atoms with Gasteiger partial charge in [-0.1, -0.05) is 11.8 Å². The van der Waals surface area contributed by atoms with Crippen molar-refractivity contribution in [1.29, 1.82) is 0 Å². The summed E-state index contributed by atoms with van der Waals surface area (Å²) >= 11 is 1.54. The van der Waals surface area contributed by atoms with Crippen LogP contribution in [-0.4, -0.2) is 21.9 Å². The van der Waals surface area contributed by atoms with Crippen molar-refractivity contribution in [2.45, 2.75) is 5.03 Å². The molecule has 0 saturated carbocycles. The van der Waals surface area contributed by atoms with Crippen LogP contribution in [0.15, 0.2) is 32.9 Å². The van der Waals surface area contributed by atoms with Gasteiger partial charge in [-0.05, 0) is 5.41 Å². The number of hydrogen-bond acceptors (Lipinski definition) is 5. The fraction of sp³-hybridized carbons (Fsp3) is 0. The maximum Gasteiger partial charge on any atom is 0.165 e. The lowest BCUT2D eigenvalue weighted by molar-refractivity contribution is 1.04. The number of thioether (sulfide) groups is 1. The van der Waals surface area contributed by atoms with Crippen LogP contribution in [0.3, 0.4) is 0 Å². The highest BCUT2D eigenvalue weighted by Crippen LogP contribution is 2.32. The normalized spacial score (nSPS) is 16.8. The summed E-state index contributed by atoms with van der Waals surface area (Å²) in [6.07, 6.45) is 5.00. The van der Waals surface area contributed by atoms with Crippen LogP contribution in [0.25, 0.3) is 0 Å². The van der Waals surface area contributed by atoms with Gasteiger partial charge in [-0.15, -0.1) is 0 Å². The highest BCUT2D eigenvalue weighted by atomic mass is 32.2. The highest BCUT2D eigenvalue weighted by molar-refractivity contribution is 8.02. The van der Waals surface area contributed by atoms with Gasteiger partial charge in [0.05, 0.1) is 17.5 Å². The van der Waals surface area contributed by atoms with Crippen LogP contribution in [0.2, 0.25) is 0 Å². The smallest absolute Gasteiger partial charge is 0.165 e. The quantitative estimate of drug-likeness (QED) is 0.580. The standard InChI is InChI=1S/C8H4N4S/c1-2-13-8-6-5(9-1)3-10-7(6)11-4-12-8/h1-4H. The molecule has 0 aromatic carbocycles. The van der Waals surface area contributed by atoms with Crippen LogP contribution < -0.4 is 0 Å². The van der Waals surface area contributed by atoms with E-state index in [4.69, 9.17) is 0 Å². The summed E-state index contributed by atoms with van der Waals surface area (Å²) < 4.78 is 0. The molecule has 13 heavy (non-hydrogen) atoms. The zero-order chi connectivity index (χ0) is 8.67. The molecule has 3 rings (SSSR count). The second kappa shape index (κ2) is 2.50. The summed E-state index contributed by atoms with van der Waals surface area (Å²) in [4.78, 5) is 16.6. The minimum absolute atomic E-state index is 0.722. The lowest BCUT2D eigenvalue weighted by Crippen LogP contribution is -1.99. The molecule has 0 radical (unpaired) electrons. The van der Waals surface area contributed by atoms with Gasteiger partial charge in [-0.2, -0.15) is 0 Å². The zero-order valence-corrected chi connectivity index (χ0v) is 7.32. The van der Waals surface area contributed by atoms with Crippen LogP contribution in [-0.2, 0) is 0 Å². The minimum Gasteiger partial charge on any atom is -0.254 e. The molecule has 1 aromatic heterocycles. The third kappa shape index (κ3) is 0.936. The largest absolute Gasteiger partial charge is 0.254 e. The van der Waals surface area contributed by atoms with Crippen LogP contribution in [0.5, 0.6) is 0 Å². The van der Waals surface area contributed by atoms with E-state index in [1.807, 2.05) is 5.41 Å². The Morgan fingerprint density at radius 2 is 2.23 bits per heavy atom. The van der Waals surface area contributed by atoms with Crippen molar-refractivity contribution in [3.8, 4) is 0 Å². The lowest BCUT2D eigenvalue weighted by Gasteiger charge is -1.99. The van der Waals surface area contributed by atoms with E-state index in [0.717, 1.165) is 22.1 Å². The molecular weight excluding hydrogens is 184 g/mol. The van der Waals surface area contributed by atoms with Gasteiger partial charge in [0, 0.05) is 6.20 Å². The molecule has 0 saturated heterocycles. The number of nitrogens with zero attached hydrogens (tertiary/aromatic N) is 4. The summed E-state index contributed by atoms with van der Waals surface area (Å²) in [6, 6.07) is 0. The molecular formula is C8H4N4S. The Morgan fingerprint density at radius 3 is 3.23 bits per heavy atom. The topological polar surface area (TPSA) is 50.5 Å². The molecule has 2 aliphatic heterocycles. The van der Waals surface area contributed by atoms with E-state index in [-0.39, 0.29) is 0 Å². The fourth-order valence-corrected chi connectivity index (χ4v) is 1.93. The van der Waals surface area contributed by atoms with Gasteiger partial charge in [0.15, 0.2) is 5.82 Å². The Hall–Kier alpha value is -1.49. The molecule has 2 aliphatic rings. The Labute approximate surface area is 78.5 Å². The van der Waals surface area contributed by atoms with Crippen LogP contribution >= 0.6 is 11.8 Å². The van der Waals surface area contributed by atoms with E-state index in [2.05, 4.69) is 20.0 Å². The van der Waals surface area contributed by atoms with Gasteiger partial charge in [-0.25, -0.2) is 15.0 Å². The Morgan fingerprint density at radius 1 is 1.23 bits per heavy atom. The van der Waals surface area contributed by atoms with E-state index < -0.39 is 0 Å². The first-order chi connectivity index (χ1) is 6.45. The van der Waals surface area contributed by atoms with Crippen molar-refractivity contribution in [3.05, 3.63) is 23.5 Å². The predicted molar refractivity (Wildman–Crippen MR) is 51.7 cm³/mol. The van der Waals surface area contributed by atoms with Gasteiger partial charge in [0.1, 0.15) is 11.4 Å². The van der Waals surface area contributed by atoms with Crippen molar-refractivity contribution in [2.24, 2.45) is 9.98 Å². The molecule has 0 atom stereocenters. The molecule has 0 fully saturated rings. The van der Waals surface area contributed by atoms with Crippen molar-refractivity contribution in [3.63, 3.8) is 0 Å². The van der Waals surface area contributed by atoms with Gasteiger partial charge in [0.2, 0.25) is 0 Å². The Balaban J connectivity index is 2.37. The molecule has 0 unspecified atom stereocenters. The summed E-state index contributed by atoms with van der Waals surface area (Å²) in [7, 11) is 0. The monoisotopic (exact) mass is 188 g/mol. The average molecular weight is 188 g/mol. The highest BCUT2D eigenvalue weighted by Gasteiger charge is 2.20. The van der Waals surface area contributed by atoms with Gasteiger partial charge >= 0.3 is 0 Å². The third-order valence-corrected chi connectivity index (χ3v) is 2.60. The van der Waals surface area contributed by atoms with E-state index in [1.54, 1.807) is 24.2 Å². The van der Waals surface area contributed by atoms with E-state index in [1.165, 1.54) is 6.33 Å². The maximum absolute atomic E-state index is 4.22. The number of hydrogen-bond donors (Lipinski definition) is 0. The summed E-state index contributed by atoms with van der Waals surface area (Å²) in [5, 5.41) is 2.83. The molecule has 0 bridgehead atoms. The molecule has 0 N–H and O–H groups in total. The third-order valence-electron chi connectivity index (χ3n) is 1.81. The summed E-state index contributed by atoms with van der Waals surface area (Å²) in [5.74, 6) is 0.722. The van der Waals surface area contributed by atoms with E-state index in [9.17, 15) is 0 Å². The number of aliphatic imine (C=N–C) groups is 2. The number of aromatic nitrogens is 2. The first kappa shape index (κ1) is 6.97. The Bertz CT molecular complexity index is 461. The van der Waals surface area contributed by atoms with Crippen LogP contribution in [0, 0.1) is 0 Å². The van der Waals surface area contributed by atoms with Crippen molar-refractivity contribution < 1.29 is 0 Å². The SMILES string of the molecule is C1=CSc2ncnc3c2C(=N1)C=N3. The predicted octanol–water partition coefficient (Wildman–Crippen LogP) is 1.56. The molecule has 5 heteroatoms. The Kier molecular flexibility index (Phi) is 1.34. The molecule has 0 amide bonds. The number of rotatable bonds is 0. The zero-order valence-electron chi connectivity index (χ0n) is 6.51. The second-order valence-corrected chi connectivity index (χ2v) is 3.45. The molecule has 0 aliphatic carbocycles. The molecule has 3 heterocycles. The van der Waals surface area contributed by atoms with E-state index >= 15 is 0 Å². The minimum atomic E-state index is 0.722. The fourth-order valence-electron chi connectivity index (χ4n) is 1.26. The van der Waals surface area contributed by atoms with Crippen LogP contribution in [0.1, 0.15) is 5.56 Å². The lowest BCUT2D eigenvalue weighted by atomic mass is 10.2. The summed E-state index contributed by atoms with van der Waals surface area (Å²) in [6.45, 7) is 0. The maximum atomic E-state index is 4.22. The van der Waals surface area contributed by atoms with E-state index in [0.29, 0.717) is 0 Å². The molecule has 4 nitrogen and oxygen atoms in total. The first-order valence-corrected chi connectivity index (χ1v) is 4.62. The molecule has 0 spiro atoms. The average Bonchev–Trinajstić information content (AvgIpc) is 2.44. The van der Waals surface area contributed by atoms with Gasteiger partial charge in [-0.3, -0.25) is 4.99 Å². The van der Waals surface area contributed by atoms with Crippen molar-refractivity contribution in [2.75, 3.05) is 0 Å². The molecule has 62 valence electrons. The molecule has 1 aromatic rings. The van der Waals surface area contributed by atoms with Gasteiger partial charge in [0.25, 0.3) is 0 Å². The first-order valence-electron chi connectivity index (χ1n) is 3.74. The van der Waals surface area contributed by atoms with Crippen LogP contribution in [0.4, 0.5) is 5.82 Å². The van der Waals surface area contributed by atoms with Crippen molar-refractivity contribution in [1.82, 2.24) is 9.97 Å². The summed E-state index contributed by atoms with van der Waals surface area (Å²) in [5.41, 5.74) is 1.81.